The minimum absolute atomic E-state index is 0.309. The molecule has 0 aliphatic rings. The highest BCUT2D eigenvalue weighted by Gasteiger charge is 2.12. The lowest BCUT2D eigenvalue weighted by molar-refractivity contribution is 0.262. The molecule has 0 aromatic heterocycles. The summed E-state index contributed by atoms with van der Waals surface area (Å²) in [6.45, 7) is 5.32. The third kappa shape index (κ3) is 3.82. The summed E-state index contributed by atoms with van der Waals surface area (Å²) in [6, 6.07) is 7.46. The Bertz CT molecular complexity index is 451. The molecule has 0 saturated heterocycles. The lowest BCUT2D eigenvalue weighted by Crippen LogP contribution is -2.23. The topological polar surface area (TPSA) is 37.4 Å². The van der Waals surface area contributed by atoms with Crippen LogP contribution < -0.4 is 0 Å². The molecule has 0 spiro atoms. The highest BCUT2D eigenvalue weighted by molar-refractivity contribution is 7.90. The first kappa shape index (κ1) is 14.2. The molecule has 4 heteroatoms. The number of hydrogen-bond donors (Lipinski definition) is 0. The number of sulfone groups is 1. The molecule has 1 aromatic carbocycles. The van der Waals surface area contributed by atoms with Gasteiger partial charge in [-0.05, 0) is 44.6 Å². The van der Waals surface area contributed by atoms with Crippen molar-refractivity contribution in [2.75, 3.05) is 19.8 Å². The zero-order chi connectivity index (χ0) is 13.1. The van der Waals surface area contributed by atoms with Crippen molar-refractivity contribution in [2.45, 2.75) is 31.2 Å². The van der Waals surface area contributed by atoms with E-state index in [0.717, 1.165) is 18.5 Å². The van der Waals surface area contributed by atoms with Gasteiger partial charge in [0.05, 0.1) is 4.90 Å². The SMILES string of the molecule is CCCN(C)[C@H](C)c1ccc(S(C)(=O)=O)cc1. The van der Waals surface area contributed by atoms with Gasteiger partial charge in [-0.25, -0.2) is 8.42 Å². The van der Waals surface area contributed by atoms with E-state index in [1.54, 1.807) is 12.1 Å². The molecule has 0 bridgehead atoms. The molecule has 1 atom stereocenters. The molecule has 0 unspecified atom stereocenters. The first-order chi connectivity index (χ1) is 7.86. The minimum Gasteiger partial charge on any atom is -0.300 e. The monoisotopic (exact) mass is 255 g/mol. The van der Waals surface area contributed by atoms with Crippen molar-refractivity contribution >= 4 is 9.84 Å². The molecule has 96 valence electrons. The summed E-state index contributed by atoms with van der Waals surface area (Å²) in [6.07, 6.45) is 2.34. The molecule has 17 heavy (non-hydrogen) atoms. The second kappa shape index (κ2) is 5.65. The second-order valence-corrected chi connectivity index (χ2v) is 6.51. The van der Waals surface area contributed by atoms with Gasteiger partial charge < -0.3 is 0 Å². The minimum atomic E-state index is -3.09. The fourth-order valence-corrected chi connectivity index (χ4v) is 2.42. The fraction of sp³-hybridized carbons (Fsp3) is 0.538. The Kier molecular flexibility index (Phi) is 4.71. The number of rotatable bonds is 5. The number of nitrogens with zero attached hydrogens (tertiary/aromatic N) is 1. The molecule has 0 aliphatic heterocycles. The van der Waals surface area contributed by atoms with Gasteiger partial charge >= 0.3 is 0 Å². The summed E-state index contributed by atoms with van der Waals surface area (Å²) >= 11 is 0. The van der Waals surface area contributed by atoms with Crippen molar-refractivity contribution in [1.29, 1.82) is 0 Å². The zero-order valence-electron chi connectivity index (χ0n) is 11.0. The molecule has 0 fully saturated rings. The third-order valence-electron chi connectivity index (χ3n) is 3.03. The van der Waals surface area contributed by atoms with Crippen molar-refractivity contribution in [2.24, 2.45) is 0 Å². The van der Waals surface area contributed by atoms with Crippen LogP contribution in [0.3, 0.4) is 0 Å². The van der Waals surface area contributed by atoms with E-state index in [2.05, 4.69) is 25.8 Å². The molecule has 0 radical (unpaired) electrons. The van der Waals surface area contributed by atoms with Crippen LogP contribution in [-0.4, -0.2) is 33.2 Å². The summed E-state index contributed by atoms with van der Waals surface area (Å²) in [5, 5.41) is 0. The first-order valence-corrected chi connectivity index (χ1v) is 7.75. The molecule has 0 N–H and O–H groups in total. The highest BCUT2D eigenvalue weighted by Crippen LogP contribution is 2.20. The Morgan fingerprint density at radius 1 is 1.24 bits per heavy atom. The van der Waals surface area contributed by atoms with Crippen molar-refractivity contribution in [3.63, 3.8) is 0 Å². The van der Waals surface area contributed by atoms with Crippen molar-refractivity contribution in [3.8, 4) is 0 Å². The second-order valence-electron chi connectivity index (χ2n) is 4.50. The van der Waals surface area contributed by atoms with E-state index in [1.165, 1.54) is 6.26 Å². The van der Waals surface area contributed by atoms with E-state index in [-0.39, 0.29) is 0 Å². The summed E-state index contributed by atoms with van der Waals surface area (Å²) < 4.78 is 22.7. The Hall–Kier alpha value is -0.870. The van der Waals surface area contributed by atoms with Gasteiger partial charge in [0.15, 0.2) is 9.84 Å². The Morgan fingerprint density at radius 3 is 2.18 bits per heavy atom. The van der Waals surface area contributed by atoms with Crippen LogP contribution in [0.1, 0.15) is 31.9 Å². The molecule has 1 rings (SSSR count). The van der Waals surface area contributed by atoms with Crippen molar-refractivity contribution in [1.82, 2.24) is 4.90 Å². The summed E-state index contributed by atoms with van der Waals surface area (Å²) in [5.74, 6) is 0. The average molecular weight is 255 g/mol. The van der Waals surface area contributed by atoms with Gasteiger partial charge in [0.25, 0.3) is 0 Å². The van der Waals surface area contributed by atoms with Crippen LogP contribution in [0.15, 0.2) is 29.2 Å². The largest absolute Gasteiger partial charge is 0.300 e. The van der Waals surface area contributed by atoms with Gasteiger partial charge in [-0.15, -0.1) is 0 Å². The smallest absolute Gasteiger partial charge is 0.175 e. The van der Waals surface area contributed by atoms with Crippen LogP contribution in [0.2, 0.25) is 0 Å². The van der Waals surface area contributed by atoms with Gasteiger partial charge in [-0.2, -0.15) is 0 Å². The fourth-order valence-electron chi connectivity index (χ4n) is 1.79. The standard InChI is InChI=1S/C13H21NO2S/c1-5-10-14(3)11(2)12-6-8-13(9-7-12)17(4,15)16/h6-9,11H,5,10H2,1-4H3/t11-/m1/s1. The van der Waals surface area contributed by atoms with Crippen molar-refractivity contribution < 1.29 is 8.42 Å². The van der Waals surface area contributed by atoms with Crippen LogP contribution in [0, 0.1) is 0 Å². The van der Waals surface area contributed by atoms with Gasteiger partial charge in [-0.3, -0.25) is 4.90 Å². The lowest BCUT2D eigenvalue weighted by atomic mass is 10.1. The molecule has 3 nitrogen and oxygen atoms in total. The number of hydrogen-bond acceptors (Lipinski definition) is 3. The molecule has 0 saturated carbocycles. The zero-order valence-corrected chi connectivity index (χ0v) is 11.8. The van der Waals surface area contributed by atoms with E-state index in [1.807, 2.05) is 12.1 Å². The maximum Gasteiger partial charge on any atom is 0.175 e. The summed E-state index contributed by atoms with van der Waals surface area (Å²) in [7, 11) is -1.01. The van der Waals surface area contributed by atoms with Crippen LogP contribution in [0.4, 0.5) is 0 Å². The Morgan fingerprint density at radius 2 is 1.76 bits per heavy atom. The van der Waals surface area contributed by atoms with E-state index >= 15 is 0 Å². The van der Waals surface area contributed by atoms with Gasteiger partial charge in [0.1, 0.15) is 0 Å². The summed E-state index contributed by atoms with van der Waals surface area (Å²) in [4.78, 5) is 2.64. The first-order valence-electron chi connectivity index (χ1n) is 5.86. The van der Waals surface area contributed by atoms with Crippen LogP contribution >= 0.6 is 0 Å². The molecule has 0 aliphatic carbocycles. The molecular formula is C13H21NO2S. The maximum atomic E-state index is 11.3. The predicted molar refractivity (Wildman–Crippen MR) is 70.9 cm³/mol. The maximum absolute atomic E-state index is 11.3. The molecule has 0 amide bonds. The quantitative estimate of drug-likeness (QED) is 0.811. The lowest BCUT2D eigenvalue weighted by Gasteiger charge is -2.24. The number of benzene rings is 1. The van der Waals surface area contributed by atoms with E-state index in [0.29, 0.717) is 10.9 Å². The van der Waals surface area contributed by atoms with Gasteiger partial charge in [-0.1, -0.05) is 19.1 Å². The van der Waals surface area contributed by atoms with E-state index < -0.39 is 9.84 Å². The van der Waals surface area contributed by atoms with Gasteiger partial charge in [0, 0.05) is 12.3 Å². The predicted octanol–water partition coefficient (Wildman–Crippen LogP) is 2.49. The van der Waals surface area contributed by atoms with E-state index in [4.69, 9.17) is 0 Å². The van der Waals surface area contributed by atoms with E-state index in [9.17, 15) is 8.42 Å². The average Bonchev–Trinajstić information content (AvgIpc) is 2.27. The molecule has 0 heterocycles. The van der Waals surface area contributed by atoms with Crippen LogP contribution in [0.25, 0.3) is 0 Å². The highest BCUT2D eigenvalue weighted by atomic mass is 32.2. The summed E-state index contributed by atoms with van der Waals surface area (Å²) in [5.41, 5.74) is 1.15. The molecule has 1 aromatic rings. The Balaban J connectivity index is 2.88. The van der Waals surface area contributed by atoms with Crippen molar-refractivity contribution in [3.05, 3.63) is 29.8 Å². The Labute approximate surface area is 104 Å². The van der Waals surface area contributed by atoms with Gasteiger partial charge in [0.2, 0.25) is 0 Å². The third-order valence-corrected chi connectivity index (χ3v) is 4.16. The van der Waals surface area contributed by atoms with Crippen LogP contribution in [-0.2, 0) is 9.84 Å². The molecular weight excluding hydrogens is 234 g/mol. The van der Waals surface area contributed by atoms with Crippen LogP contribution in [0.5, 0.6) is 0 Å². The normalized spacial score (nSPS) is 13.9.